The van der Waals surface area contributed by atoms with Crippen LogP contribution in [0, 0.1) is 0 Å². The molecule has 0 radical (unpaired) electrons. The molecule has 13 heavy (non-hydrogen) atoms. The molecule has 0 aliphatic heterocycles. The molecule has 1 rings (SSSR count). The van der Waals surface area contributed by atoms with Gasteiger partial charge in [0.15, 0.2) is 0 Å². The highest BCUT2D eigenvalue weighted by Gasteiger charge is 2.21. The lowest BCUT2D eigenvalue weighted by Crippen LogP contribution is -2.04. The Hall–Kier alpha value is -0.870. The number of hydrogen-bond acceptors (Lipinski definition) is 3. The first kappa shape index (κ1) is 10.2. The van der Waals surface area contributed by atoms with Gasteiger partial charge in [-0.1, -0.05) is 12.1 Å². The molecule has 1 unspecified atom stereocenters. The molecular formula is C8H8ClNO2S. The number of hydrogen-bond donors (Lipinski definition) is 0. The third-order valence-electron chi connectivity index (χ3n) is 1.53. The Kier molecular flexibility index (Phi) is 3.06. The maximum absolute atomic E-state index is 11.0. The molecule has 0 fully saturated rings. The molecule has 0 spiro atoms. The van der Waals surface area contributed by atoms with Gasteiger partial charge in [0.1, 0.15) is 5.25 Å². The lowest BCUT2D eigenvalue weighted by atomic mass is 10.2. The van der Waals surface area contributed by atoms with Crippen molar-refractivity contribution in [2.24, 2.45) is 0 Å². The van der Waals surface area contributed by atoms with Crippen molar-refractivity contribution in [2.75, 3.05) is 0 Å². The molecule has 1 aromatic heterocycles. The highest BCUT2D eigenvalue weighted by molar-refractivity contribution is 8.14. The van der Waals surface area contributed by atoms with Crippen molar-refractivity contribution in [1.82, 2.24) is 4.98 Å². The van der Waals surface area contributed by atoms with Gasteiger partial charge in [-0.25, -0.2) is 8.42 Å². The van der Waals surface area contributed by atoms with E-state index in [2.05, 4.69) is 11.6 Å². The molecular weight excluding hydrogens is 210 g/mol. The average molecular weight is 218 g/mol. The predicted molar refractivity (Wildman–Crippen MR) is 51.9 cm³/mol. The van der Waals surface area contributed by atoms with Crippen LogP contribution < -0.4 is 0 Å². The first-order chi connectivity index (χ1) is 6.05. The van der Waals surface area contributed by atoms with E-state index in [0.29, 0.717) is 5.56 Å². The summed E-state index contributed by atoms with van der Waals surface area (Å²) in [5, 5.41) is -0.886. The summed E-state index contributed by atoms with van der Waals surface area (Å²) < 4.78 is 22.1. The monoisotopic (exact) mass is 217 g/mol. The van der Waals surface area contributed by atoms with E-state index in [1.807, 2.05) is 0 Å². The standard InChI is InChI=1S/C8H8ClNO2S/c1-2-8(13(9,11)12)7-4-3-5-10-6-7/h2-6,8H,1H2. The third kappa shape index (κ3) is 2.54. The zero-order chi connectivity index (χ0) is 9.90. The molecule has 0 aliphatic rings. The van der Waals surface area contributed by atoms with E-state index in [0.717, 1.165) is 0 Å². The number of pyridine rings is 1. The fourth-order valence-corrected chi connectivity index (χ4v) is 2.18. The van der Waals surface area contributed by atoms with Crippen LogP contribution in [0.2, 0.25) is 0 Å². The van der Waals surface area contributed by atoms with E-state index >= 15 is 0 Å². The van der Waals surface area contributed by atoms with Crippen LogP contribution >= 0.6 is 10.7 Å². The molecule has 0 amide bonds. The van der Waals surface area contributed by atoms with E-state index in [4.69, 9.17) is 10.7 Å². The maximum Gasteiger partial charge on any atom is 0.243 e. The van der Waals surface area contributed by atoms with Gasteiger partial charge in [0.2, 0.25) is 9.05 Å². The van der Waals surface area contributed by atoms with Crippen molar-refractivity contribution >= 4 is 19.7 Å². The normalized spacial score (nSPS) is 13.6. The van der Waals surface area contributed by atoms with Crippen LogP contribution in [0.25, 0.3) is 0 Å². The molecule has 0 bridgehead atoms. The quantitative estimate of drug-likeness (QED) is 0.574. The Morgan fingerprint density at radius 2 is 2.31 bits per heavy atom. The largest absolute Gasteiger partial charge is 0.264 e. The summed E-state index contributed by atoms with van der Waals surface area (Å²) >= 11 is 0. The minimum atomic E-state index is -3.65. The Balaban J connectivity index is 3.13. The first-order valence-corrected chi connectivity index (χ1v) is 5.89. The minimum Gasteiger partial charge on any atom is -0.264 e. The highest BCUT2D eigenvalue weighted by atomic mass is 35.7. The SMILES string of the molecule is C=CC(c1cccnc1)S(=O)(=O)Cl. The van der Waals surface area contributed by atoms with Crippen molar-refractivity contribution in [1.29, 1.82) is 0 Å². The molecule has 0 aliphatic carbocycles. The van der Waals surface area contributed by atoms with E-state index < -0.39 is 14.3 Å². The molecule has 0 aromatic carbocycles. The van der Waals surface area contributed by atoms with Crippen molar-refractivity contribution in [2.45, 2.75) is 5.25 Å². The van der Waals surface area contributed by atoms with Crippen molar-refractivity contribution < 1.29 is 8.42 Å². The van der Waals surface area contributed by atoms with Crippen molar-refractivity contribution in [3.63, 3.8) is 0 Å². The topological polar surface area (TPSA) is 47.0 Å². The minimum absolute atomic E-state index is 0.521. The fraction of sp³-hybridized carbons (Fsp3) is 0.125. The Morgan fingerprint density at radius 1 is 1.62 bits per heavy atom. The van der Waals surface area contributed by atoms with Gasteiger partial charge in [0.25, 0.3) is 0 Å². The van der Waals surface area contributed by atoms with E-state index in [1.54, 1.807) is 18.3 Å². The summed E-state index contributed by atoms with van der Waals surface area (Å²) in [4.78, 5) is 3.80. The van der Waals surface area contributed by atoms with Crippen LogP contribution in [0.4, 0.5) is 0 Å². The predicted octanol–water partition coefficient (Wildman–Crippen LogP) is 1.88. The second-order valence-corrected chi connectivity index (χ2v) is 5.17. The van der Waals surface area contributed by atoms with Gasteiger partial charge >= 0.3 is 0 Å². The second-order valence-electron chi connectivity index (χ2n) is 2.42. The molecule has 1 heterocycles. The zero-order valence-corrected chi connectivity index (χ0v) is 8.29. The van der Waals surface area contributed by atoms with E-state index in [-0.39, 0.29) is 0 Å². The molecule has 0 saturated carbocycles. The molecule has 70 valence electrons. The Labute approximate surface area is 81.5 Å². The molecule has 3 nitrogen and oxygen atoms in total. The fourth-order valence-electron chi connectivity index (χ4n) is 0.958. The van der Waals surface area contributed by atoms with Crippen molar-refractivity contribution in [3.05, 3.63) is 42.7 Å². The highest BCUT2D eigenvalue weighted by Crippen LogP contribution is 2.25. The number of halogens is 1. The summed E-state index contributed by atoms with van der Waals surface area (Å²) in [6.45, 7) is 3.41. The van der Waals surface area contributed by atoms with Crippen LogP contribution in [0.3, 0.4) is 0 Å². The summed E-state index contributed by atoms with van der Waals surface area (Å²) in [5.74, 6) is 0. The van der Waals surface area contributed by atoms with Crippen LogP contribution in [0.5, 0.6) is 0 Å². The Morgan fingerprint density at radius 3 is 2.69 bits per heavy atom. The van der Waals surface area contributed by atoms with Crippen LogP contribution in [-0.4, -0.2) is 13.4 Å². The summed E-state index contributed by atoms with van der Waals surface area (Å²) in [6.07, 6.45) is 4.29. The van der Waals surface area contributed by atoms with Gasteiger partial charge in [-0.2, -0.15) is 0 Å². The van der Waals surface area contributed by atoms with Crippen LogP contribution in [0.1, 0.15) is 10.8 Å². The van der Waals surface area contributed by atoms with E-state index in [1.165, 1.54) is 12.3 Å². The lowest BCUT2D eigenvalue weighted by Gasteiger charge is -2.07. The van der Waals surface area contributed by atoms with Gasteiger partial charge in [0, 0.05) is 23.1 Å². The molecule has 1 atom stereocenters. The third-order valence-corrected chi connectivity index (χ3v) is 3.18. The van der Waals surface area contributed by atoms with Gasteiger partial charge in [-0.15, -0.1) is 6.58 Å². The number of nitrogens with zero attached hydrogens (tertiary/aromatic N) is 1. The molecule has 5 heteroatoms. The maximum atomic E-state index is 11.0. The summed E-state index contributed by atoms with van der Waals surface area (Å²) in [5.41, 5.74) is 0.521. The van der Waals surface area contributed by atoms with Crippen LogP contribution in [-0.2, 0) is 9.05 Å². The molecule has 1 aromatic rings. The van der Waals surface area contributed by atoms with Gasteiger partial charge < -0.3 is 0 Å². The smallest absolute Gasteiger partial charge is 0.243 e. The molecule has 0 saturated heterocycles. The zero-order valence-electron chi connectivity index (χ0n) is 6.72. The molecule has 0 N–H and O–H groups in total. The average Bonchev–Trinajstić information content (AvgIpc) is 2.05. The summed E-state index contributed by atoms with van der Waals surface area (Å²) in [7, 11) is 1.55. The van der Waals surface area contributed by atoms with Gasteiger partial charge in [-0.05, 0) is 11.6 Å². The lowest BCUT2D eigenvalue weighted by molar-refractivity contribution is 0.604. The van der Waals surface area contributed by atoms with Crippen LogP contribution in [0.15, 0.2) is 37.2 Å². The van der Waals surface area contributed by atoms with Gasteiger partial charge in [0.05, 0.1) is 0 Å². The number of rotatable bonds is 3. The second kappa shape index (κ2) is 3.89. The number of aromatic nitrogens is 1. The first-order valence-electron chi connectivity index (χ1n) is 3.51. The van der Waals surface area contributed by atoms with E-state index in [9.17, 15) is 8.42 Å². The summed E-state index contributed by atoms with van der Waals surface area (Å²) in [6, 6.07) is 3.28. The van der Waals surface area contributed by atoms with Gasteiger partial charge in [-0.3, -0.25) is 4.98 Å². The van der Waals surface area contributed by atoms with Crippen molar-refractivity contribution in [3.8, 4) is 0 Å². The Bertz CT molecular complexity index is 388.